The topological polar surface area (TPSA) is 59.2 Å². The molecule has 0 aliphatic heterocycles. The molecule has 0 unspecified atom stereocenters. The van der Waals surface area contributed by atoms with E-state index >= 15 is 0 Å². The average Bonchev–Trinajstić information content (AvgIpc) is 2.73. The number of hydrogen-bond acceptors (Lipinski definition) is 3. The maximum atomic E-state index is 11.6. The van der Waals surface area contributed by atoms with Crippen LogP contribution >= 0.6 is 0 Å². The number of aromatic amines is 1. The summed E-state index contributed by atoms with van der Waals surface area (Å²) in [4.78, 5) is 25.7. The highest BCUT2D eigenvalue weighted by atomic mass is 16.5. The van der Waals surface area contributed by atoms with Crippen molar-refractivity contribution in [3.8, 4) is 0 Å². The van der Waals surface area contributed by atoms with Crippen LogP contribution in [0.2, 0.25) is 0 Å². The summed E-state index contributed by atoms with van der Waals surface area (Å²) in [6, 6.07) is 3.88. The van der Waals surface area contributed by atoms with Crippen molar-refractivity contribution in [2.24, 2.45) is 0 Å². The lowest BCUT2D eigenvalue weighted by molar-refractivity contribution is 0.0593. The highest BCUT2D eigenvalue weighted by Crippen LogP contribution is 2.27. The molecule has 2 rings (SSSR count). The first-order chi connectivity index (χ1) is 8.10. The third-order valence-corrected chi connectivity index (χ3v) is 2.92. The lowest BCUT2D eigenvalue weighted by Gasteiger charge is -1.99. The Hall–Kier alpha value is -2.10. The SMILES string of the molecule is COC(=O)c1[nH]c2c(C)ccc(C)c2c1C=O. The number of rotatable bonds is 2. The molecule has 4 nitrogen and oxygen atoms in total. The van der Waals surface area contributed by atoms with Crippen LogP contribution in [0.3, 0.4) is 0 Å². The summed E-state index contributed by atoms with van der Waals surface area (Å²) in [5.41, 5.74) is 3.35. The summed E-state index contributed by atoms with van der Waals surface area (Å²) in [7, 11) is 1.29. The second-order valence-electron chi connectivity index (χ2n) is 3.97. The number of hydrogen-bond donors (Lipinski definition) is 1. The molecule has 1 aromatic heterocycles. The molecule has 4 heteroatoms. The van der Waals surface area contributed by atoms with Crippen molar-refractivity contribution in [2.45, 2.75) is 13.8 Å². The van der Waals surface area contributed by atoms with Crippen molar-refractivity contribution in [3.63, 3.8) is 0 Å². The molecule has 0 fully saturated rings. The molecule has 0 aliphatic carbocycles. The van der Waals surface area contributed by atoms with Gasteiger partial charge in [0.15, 0.2) is 6.29 Å². The Bertz CT molecular complexity index is 611. The molecule has 17 heavy (non-hydrogen) atoms. The fourth-order valence-electron chi connectivity index (χ4n) is 2.02. The van der Waals surface area contributed by atoms with Crippen LogP contribution in [0.1, 0.15) is 32.0 Å². The van der Waals surface area contributed by atoms with Crippen LogP contribution in [0.5, 0.6) is 0 Å². The van der Waals surface area contributed by atoms with Crippen LogP contribution < -0.4 is 0 Å². The summed E-state index contributed by atoms with van der Waals surface area (Å²) in [6.07, 6.45) is 0.692. The van der Waals surface area contributed by atoms with Crippen molar-refractivity contribution in [3.05, 3.63) is 34.5 Å². The second kappa shape index (κ2) is 4.05. The van der Waals surface area contributed by atoms with E-state index in [0.717, 1.165) is 22.0 Å². The Morgan fingerprint density at radius 2 is 1.94 bits per heavy atom. The number of aryl methyl sites for hydroxylation is 2. The van der Waals surface area contributed by atoms with Crippen molar-refractivity contribution >= 4 is 23.2 Å². The van der Waals surface area contributed by atoms with Gasteiger partial charge in [-0.1, -0.05) is 12.1 Å². The lowest BCUT2D eigenvalue weighted by Crippen LogP contribution is -2.04. The van der Waals surface area contributed by atoms with Crippen molar-refractivity contribution in [1.82, 2.24) is 4.98 Å². The van der Waals surface area contributed by atoms with Gasteiger partial charge in [0.1, 0.15) is 5.69 Å². The average molecular weight is 231 g/mol. The van der Waals surface area contributed by atoms with Gasteiger partial charge in [-0.2, -0.15) is 0 Å². The molecule has 0 amide bonds. The molecule has 88 valence electrons. The fourth-order valence-corrected chi connectivity index (χ4v) is 2.02. The number of methoxy groups -OCH3 is 1. The smallest absolute Gasteiger partial charge is 0.355 e. The van der Waals surface area contributed by atoms with Gasteiger partial charge in [0, 0.05) is 10.9 Å². The Morgan fingerprint density at radius 1 is 1.29 bits per heavy atom. The van der Waals surface area contributed by atoms with Crippen LogP contribution in [0.25, 0.3) is 10.9 Å². The minimum absolute atomic E-state index is 0.218. The molecule has 0 aliphatic rings. The normalized spacial score (nSPS) is 10.5. The summed E-state index contributed by atoms with van der Waals surface area (Å²) in [5, 5.41) is 0.792. The molecule has 0 saturated heterocycles. The van der Waals surface area contributed by atoms with Crippen LogP contribution in [0.15, 0.2) is 12.1 Å². The monoisotopic (exact) mass is 231 g/mol. The number of aldehydes is 1. The zero-order valence-corrected chi connectivity index (χ0v) is 9.96. The first-order valence-electron chi connectivity index (χ1n) is 5.25. The summed E-state index contributed by atoms with van der Waals surface area (Å²) >= 11 is 0. The van der Waals surface area contributed by atoms with E-state index in [1.807, 2.05) is 26.0 Å². The predicted octanol–water partition coefficient (Wildman–Crippen LogP) is 2.38. The van der Waals surface area contributed by atoms with Gasteiger partial charge < -0.3 is 9.72 Å². The van der Waals surface area contributed by atoms with Crippen LogP contribution in [0, 0.1) is 13.8 Å². The number of nitrogens with one attached hydrogen (secondary N) is 1. The zero-order valence-electron chi connectivity index (χ0n) is 9.96. The van der Waals surface area contributed by atoms with Gasteiger partial charge in [-0.15, -0.1) is 0 Å². The minimum Gasteiger partial charge on any atom is -0.464 e. The Balaban J connectivity index is 2.89. The van der Waals surface area contributed by atoms with E-state index in [1.165, 1.54) is 7.11 Å². The highest BCUT2D eigenvalue weighted by molar-refractivity contribution is 6.09. The van der Waals surface area contributed by atoms with Crippen molar-refractivity contribution in [2.75, 3.05) is 7.11 Å². The van der Waals surface area contributed by atoms with Gasteiger partial charge >= 0.3 is 5.97 Å². The van der Waals surface area contributed by atoms with Crippen molar-refractivity contribution < 1.29 is 14.3 Å². The number of carbonyl (C=O) groups is 2. The highest BCUT2D eigenvalue weighted by Gasteiger charge is 2.19. The quantitative estimate of drug-likeness (QED) is 0.637. The molecular formula is C13H13NO3. The molecule has 2 aromatic rings. The largest absolute Gasteiger partial charge is 0.464 e. The molecule has 0 radical (unpaired) electrons. The molecule has 1 heterocycles. The van der Waals surface area contributed by atoms with Crippen LogP contribution in [-0.2, 0) is 4.74 Å². The Morgan fingerprint density at radius 3 is 2.53 bits per heavy atom. The van der Waals surface area contributed by atoms with E-state index in [-0.39, 0.29) is 5.69 Å². The van der Waals surface area contributed by atoms with Crippen molar-refractivity contribution in [1.29, 1.82) is 0 Å². The predicted molar refractivity (Wildman–Crippen MR) is 64.5 cm³/mol. The number of H-pyrrole nitrogens is 1. The number of benzene rings is 1. The van der Waals surface area contributed by atoms with Crippen LogP contribution in [0.4, 0.5) is 0 Å². The van der Waals surface area contributed by atoms with E-state index < -0.39 is 5.97 Å². The van der Waals surface area contributed by atoms with Crippen LogP contribution in [-0.4, -0.2) is 24.3 Å². The first kappa shape index (κ1) is 11.4. The molecule has 0 spiro atoms. The van der Waals surface area contributed by atoms with Gasteiger partial charge in [-0.25, -0.2) is 4.79 Å². The minimum atomic E-state index is -0.526. The number of carbonyl (C=O) groups excluding carboxylic acids is 2. The summed E-state index contributed by atoms with van der Waals surface area (Å²) < 4.78 is 4.66. The standard InChI is InChI=1S/C13H13NO3/c1-7-4-5-8(2)11-10(7)9(6-15)12(14-11)13(16)17-3/h4-6,14H,1-3H3. The van der Waals surface area contributed by atoms with E-state index in [2.05, 4.69) is 9.72 Å². The van der Waals surface area contributed by atoms with Gasteiger partial charge in [0.2, 0.25) is 0 Å². The van der Waals surface area contributed by atoms with Gasteiger partial charge in [-0.3, -0.25) is 4.79 Å². The number of esters is 1. The third kappa shape index (κ3) is 1.62. The van der Waals surface area contributed by atoms with Gasteiger partial charge in [-0.05, 0) is 25.0 Å². The molecule has 0 atom stereocenters. The molecule has 1 N–H and O–H groups in total. The van der Waals surface area contributed by atoms with E-state index in [1.54, 1.807) is 0 Å². The fraction of sp³-hybridized carbons (Fsp3) is 0.231. The summed E-state index contributed by atoms with van der Waals surface area (Å²) in [5.74, 6) is -0.526. The Kier molecular flexibility index (Phi) is 2.71. The summed E-state index contributed by atoms with van der Waals surface area (Å²) in [6.45, 7) is 3.83. The zero-order chi connectivity index (χ0) is 12.6. The second-order valence-corrected chi connectivity index (χ2v) is 3.97. The number of ether oxygens (including phenoxy) is 1. The molecule has 0 bridgehead atoms. The molecule has 1 aromatic carbocycles. The number of aromatic nitrogens is 1. The molecule has 0 saturated carbocycles. The van der Waals surface area contributed by atoms with Gasteiger partial charge in [0.25, 0.3) is 0 Å². The third-order valence-electron chi connectivity index (χ3n) is 2.92. The van der Waals surface area contributed by atoms with E-state index in [9.17, 15) is 9.59 Å². The maximum absolute atomic E-state index is 11.6. The first-order valence-corrected chi connectivity index (χ1v) is 5.25. The van der Waals surface area contributed by atoms with E-state index in [4.69, 9.17) is 0 Å². The lowest BCUT2D eigenvalue weighted by atomic mass is 10.0. The Labute approximate surface area is 98.6 Å². The van der Waals surface area contributed by atoms with E-state index in [0.29, 0.717) is 11.8 Å². The number of fused-ring (bicyclic) bond motifs is 1. The maximum Gasteiger partial charge on any atom is 0.355 e. The molecular weight excluding hydrogens is 218 g/mol. The van der Waals surface area contributed by atoms with Gasteiger partial charge in [0.05, 0.1) is 12.7 Å².